The van der Waals surface area contributed by atoms with Crippen molar-refractivity contribution in [3.05, 3.63) is 11.5 Å². The summed E-state index contributed by atoms with van der Waals surface area (Å²) in [5, 5.41) is 13.0. The van der Waals surface area contributed by atoms with Crippen molar-refractivity contribution in [1.29, 1.82) is 0 Å². The molecular weight excluding hydrogens is 224 g/mol. The van der Waals surface area contributed by atoms with Crippen LogP contribution < -0.4 is 10.8 Å². The van der Waals surface area contributed by atoms with Gasteiger partial charge in [-0.15, -0.1) is 0 Å². The van der Waals surface area contributed by atoms with Crippen molar-refractivity contribution in [2.24, 2.45) is 0 Å². The number of hydrogen-bond acceptors (Lipinski definition) is 4. The van der Waals surface area contributed by atoms with Crippen LogP contribution in [-0.2, 0) is 0 Å². The van der Waals surface area contributed by atoms with Gasteiger partial charge in [0, 0.05) is 12.2 Å². The van der Waals surface area contributed by atoms with Crippen molar-refractivity contribution in [3.63, 3.8) is 0 Å². The van der Waals surface area contributed by atoms with Gasteiger partial charge in [-0.1, -0.05) is 0 Å². The third kappa shape index (κ3) is 2.86. The minimum atomic E-state index is -0.131. The van der Waals surface area contributed by atoms with Crippen LogP contribution in [0.5, 0.6) is 0 Å². The van der Waals surface area contributed by atoms with Crippen LogP contribution in [0.3, 0.4) is 0 Å². The molecule has 0 spiro atoms. The molecule has 1 aliphatic carbocycles. The molecule has 1 fully saturated rings. The predicted molar refractivity (Wildman–Crippen MR) is 67.1 cm³/mol. The quantitative estimate of drug-likeness (QED) is 0.568. The third-order valence-corrected chi connectivity index (χ3v) is 3.16. The zero-order valence-corrected chi connectivity index (χ0v) is 10.0. The lowest BCUT2D eigenvalue weighted by molar-refractivity contribution is 0.126. The van der Waals surface area contributed by atoms with Gasteiger partial charge in [-0.25, -0.2) is 9.97 Å². The van der Waals surface area contributed by atoms with Crippen LogP contribution in [0, 0.1) is 0 Å². The summed E-state index contributed by atoms with van der Waals surface area (Å²) >= 11 is 5.76. The lowest BCUT2D eigenvalue weighted by atomic mass is 9.92. The monoisotopic (exact) mass is 239 g/mol. The molecule has 1 aromatic heterocycles. The number of aliphatic hydroxyl groups excluding tert-OH is 1. The summed E-state index contributed by atoms with van der Waals surface area (Å²) in [6.45, 7) is 0. The van der Waals surface area contributed by atoms with E-state index in [-0.39, 0.29) is 11.4 Å². The summed E-state index contributed by atoms with van der Waals surface area (Å²) in [6.07, 6.45) is 5.25. The highest BCUT2D eigenvalue weighted by Gasteiger charge is 2.19. The largest absolute Gasteiger partial charge is 0.393 e. The van der Waals surface area contributed by atoms with E-state index in [4.69, 9.17) is 11.6 Å². The maximum absolute atomic E-state index is 9.42. The van der Waals surface area contributed by atoms with Crippen LogP contribution in [0.4, 0.5) is 5.82 Å². The summed E-state index contributed by atoms with van der Waals surface area (Å²) in [4.78, 5) is 8.09. The van der Waals surface area contributed by atoms with Crippen molar-refractivity contribution in [2.45, 2.75) is 37.8 Å². The Kier molecular flexibility index (Phi) is 3.66. The van der Waals surface area contributed by atoms with E-state index in [0.717, 1.165) is 37.0 Å². The van der Waals surface area contributed by atoms with Crippen LogP contribution >= 0.6 is 11.6 Å². The normalized spacial score (nSPS) is 25.4. The number of nitrogens with one attached hydrogen (secondary N) is 1. The fourth-order valence-corrected chi connectivity index (χ4v) is 2.11. The third-order valence-electron chi connectivity index (χ3n) is 2.98. The zero-order chi connectivity index (χ0) is 11.5. The number of hydrogen-bond donors (Lipinski definition) is 2. The Bertz CT molecular complexity index is 369. The van der Waals surface area contributed by atoms with Gasteiger partial charge in [0.2, 0.25) is 5.28 Å². The van der Waals surface area contributed by atoms with E-state index in [9.17, 15) is 5.11 Å². The van der Waals surface area contributed by atoms with Crippen molar-refractivity contribution >= 4 is 30.7 Å². The van der Waals surface area contributed by atoms with Gasteiger partial charge >= 0.3 is 0 Å². The topological polar surface area (TPSA) is 58.0 Å². The predicted octanol–water partition coefficient (Wildman–Crippen LogP) is 0.104. The number of halogens is 1. The molecule has 0 amide bonds. The highest BCUT2D eigenvalue weighted by atomic mass is 35.5. The summed E-state index contributed by atoms with van der Waals surface area (Å²) in [5.41, 5.74) is 0.996. The molecule has 4 nitrogen and oxygen atoms in total. The van der Waals surface area contributed by atoms with Gasteiger partial charge < -0.3 is 10.4 Å². The molecule has 2 rings (SSSR count). The molecule has 0 bridgehead atoms. The van der Waals surface area contributed by atoms with E-state index in [2.05, 4.69) is 15.3 Å². The van der Waals surface area contributed by atoms with Crippen LogP contribution in [0.2, 0.25) is 5.28 Å². The Hall–Kier alpha value is -0.805. The summed E-state index contributed by atoms with van der Waals surface area (Å²) in [7, 11) is 1.95. The molecule has 0 unspecified atom stereocenters. The average molecular weight is 240 g/mol. The van der Waals surface area contributed by atoms with Crippen molar-refractivity contribution in [2.75, 3.05) is 5.32 Å². The molecule has 0 saturated heterocycles. The van der Waals surface area contributed by atoms with Gasteiger partial charge in [-0.3, -0.25) is 0 Å². The SMILES string of the molecule is Bc1cnc(Cl)nc1N[C@H]1CC[C@H](O)CC1. The molecular formula is C10H15BClN3O. The fourth-order valence-electron chi connectivity index (χ4n) is 1.98. The second kappa shape index (κ2) is 5.02. The van der Waals surface area contributed by atoms with Crippen molar-refractivity contribution in [1.82, 2.24) is 9.97 Å². The van der Waals surface area contributed by atoms with Crippen molar-refractivity contribution < 1.29 is 5.11 Å². The van der Waals surface area contributed by atoms with Gasteiger partial charge in [0.05, 0.1) is 6.10 Å². The first kappa shape index (κ1) is 11.7. The number of anilines is 1. The fraction of sp³-hybridized carbons (Fsp3) is 0.600. The second-order valence-corrected chi connectivity index (χ2v) is 4.66. The molecule has 0 atom stereocenters. The number of aromatic nitrogens is 2. The van der Waals surface area contributed by atoms with Gasteiger partial charge in [-0.05, 0) is 42.7 Å². The van der Waals surface area contributed by atoms with E-state index >= 15 is 0 Å². The molecule has 1 aromatic rings. The highest BCUT2D eigenvalue weighted by molar-refractivity contribution is 6.35. The highest BCUT2D eigenvalue weighted by Crippen LogP contribution is 2.20. The van der Waals surface area contributed by atoms with Crippen LogP contribution in [-0.4, -0.2) is 35.1 Å². The Morgan fingerprint density at radius 3 is 2.75 bits per heavy atom. The van der Waals surface area contributed by atoms with E-state index in [1.165, 1.54) is 0 Å². The summed E-state index contributed by atoms with van der Waals surface area (Å²) < 4.78 is 0. The Morgan fingerprint density at radius 1 is 1.38 bits per heavy atom. The Labute approximate surface area is 101 Å². The minimum absolute atomic E-state index is 0.131. The molecule has 1 aliphatic rings. The summed E-state index contributed by atoms with van der Waals surface area (Å²) in [6, 6.07) is 0.382. The summed E-state index contributed by atoms with van der Waals surface area (Å²) in [5.74, 6) is 0.807. The van der Waals surface area contributed by atoms with Crippen LogP contribution in [0.15, 0.2) is 6.20 Å². The van der Waals surface area contributed by atoms with E-state index in [0.29, 0.717) is 6.04 Å². The number of rotatable bonds is 2. The average Bonchev–Trinajstić information content (AvgIpc) is 2.27. The standard InChI is InChI=1S/C10H15BClN3O/c11-8-5-13-10(12)15-9(8)14-6-1-3-7(16)4-2-6/h5-7,16H,1-4,11H2,(H,13,14,15)/t6-,7-. The molecule has 0 aliphatic heterocycles. The van der Waals surface area contributed by atoms with Crippen LogP contribution in [0.25, 0.3) is 0 Å². The molecule has 2 N–H and O–H groups in total. The zero-order valence-electron chi connectivity index (χ0n) is 9.28. The lowest BCUT2D eigenvalue weighted by Gasteiger charge is -2.27. The molecule has 86 valence electrons. The number of aliphatic hydroxyl groups is 1. The van der Waals surface area contributed by atoms with Gasteiger partial charge in [0.1, 0.15) is 13.7 Å². The molecule has 16 heavy (non-hydrogen) atoms. The van der Waals surface area contributed by atoms with E-state index in [1.807, 2.05) is 7.85 Å². The lowest BCUT2D eigenvalue weighted by Crippen LogP contribution is -2.31. The van der Waals surface area contributed by atoms with Gasteiger partial charge in [-0.2, -0.15) is 0 Å². The molecule has 1 saturated carbocycles. The Morgan fingerprint density at radius 2 is 2.06 bits per heavy atom. The molecule has 6 heteroatoms. The maximum atomic E-state index is 9.42. The first-order valence-corrected chi connectivity index (χ1v) is 5.96. The van der Waals surface area contributed by atoms with E-state index in [1.54, 1.807) is 6.20 Å². The first-order chi connectivity index (χ1) is 7.65. The van der Waals surface area contributed by atoms with Gasteiger partial charge in [0.25, 0.3) is 0 Å². The number of nitrogens with zero attached hydrogens (tertiary/aromatic N) is 2. The first-order valence-electron chi connectivity index (χ1n) is 5.59. The minimum Gasteiger partial charge on any atom is -0.393 e. The smallest absolute Gasteiger partial charge is 0.224 e. The molecule has 1 heterocycles. The Balaban J connectivity index is 2.00. The van der Waals surface area contributed by atoms with Crippen molar-refractivity contribution in [3.8, 4) is 0 Å². The van der Waals surface area contributed by atoms with Gasteiger partial charge in [0.15, 0.2) is 0 Å². The second-order valence-electron chi connectivity index (χ2n) is 4.32. The molecule has 0 radical (unpaired) electrons. The maximum Gasteiger partial charge on any atom is 0.224 e. The van der Waals surface area contributed by atoms with E-state index < -0.39 is 0 Å². The van der Waals surface area contributed by atoms with Crippen LogP contribution in [0.1, 0.15) is 25.7 Å². The molecule has 0 aromatic carbocycles.